The van der Waals surface area contributed by atoms with Crippen LogP contribution in [0.4, 0.5) is 0 Å². The highest BCUT2D eigenvalue weighted by Crippen LogP contribution is 2.27. The van der Waals surface area contributed by atoms with Crippen molar-refractivity contribution in [2.24, 2.45) is 0 Å². The van der Waals surface area contributed by atoms with Crippen LogP contribution in [0.25, 0.3) is 28.6 Å². The van der Waals surface area contributed by atoms with E-state index in [1.807, 2.05) is 12.3 Å². The maximum Gasteiger partial charge on any atom is 0.138 e. The van der Waals surface area contributed by atoms with E-state index < -0.39 is 6.10 Å². The number of H-pyrrole nitrogens is 2. The van der Waals surface area contributed by atoms with Crippen molar-refractivity contribution in [1.29, 1.82) is 0 Å². The fourth-order valence-corrected chi connectivity index (χ4v) is 3.89. The average molecular weight is 412 g/mol. The number of hydrogen-bond donors (Lipinski definition) is 3. The SMILES string of the molecule is Cc1ccc(-c2ccc(-c3nc4c([nH]3)CN(CC(O)c3ccn[nH]3)C=C4)cc2)cc1C. The minimum atomic E-state index is -0.617. The zero-order valence-electron chi connectivity index (χ0n) is 17.6. The molecule has 31 heavy (non-hydrogen) atoms. The van der Waals surface area contributed by atoms with E-state index in [-0.39, 0.29) is 0 Å². The molecule has 1 aliphatic rings. The second-order valence-electron chi connectivity index (χ2n) is 8.10. The molecule has 3 N–H and O–H groups in total. The number of aromatic nitrogens is 4. The van der Waals surface area contributed by atoms with Crippen molar-refractivity contribution in [2.45, 2.75) is 26.5 Å². The lowest BCUT2D eigenvalue weighted by Crippen LogP contribution is -2.25. The number of imidazole rings is 1. The number of aryl methyl sites for hydroxylation is 2. The number of hydrogen-bond acceptors (Lipinski definition) is 4. The molecule has 2 aromatic heterocycles. The van der Waals surface area contributed by atoms with Crippen molar-refractivity contribution in [3.8, 4) is 22.5 Å². The van der Waals surface area contributed by atoms with Crippen LogP contribution < -0.4 is 0 Å². The third-order valence-electron chi connectivity index (χ3n) is 5.90. The molecule has 5 rings (SSSR count). The number of aromatic amines is 2. The van der Waals surface area contributed by atoms with Gasteiger partial charge in [-0.25, -0.2) is 4.98 Å². The molecule has 0 fully saturated rings. The van der Waals surface area contributed by atoms with Crippen molar-refractivity contribution in [2.75, 3.05) is 6.54 Å². The minimum Gasteiger partial charge on any atom is -0.385 e. The van der Waals surface area contributed by atoms with Crippen LogP contribution in [0.3, 0.4) is 0 Å². The number of nitrogens with one attached hydrogen (secondary N) is 2. The summed E-state index contributed by atoms with van der Waals surface area (Å²) in [5, 5.41) is 17.1. The number of nitrogens with zero attached hydrogens (tertiary/aromatic N) is 3. The van der Waals surface area contributed by atoms with E-state index in [2.05, 4.69) is 76.4 Å². The molecule has 0 bridgehead atoms. The Morgan fingerprint density at radius 3 is 2.52 bits per heavy atom. The third-order valence-corrected chi connectivity index (χ3v) is 5.90. The van der Waals surface area contributed by atoms with E-state index in [4.69, 9.17) is 4.98 Å². The van der Waals surface area contributed by atoms with Crippen molar-refractivity contribution >= 4 is 6.08 Å². The quantitative estimate of drug-likeness (QED) is 0.448. The summed E-state index contributed by atoms with van der Waals surface area (Å²) >= 11 is 0. The lowest BCUT2D eigenvalue weighted by Gasteiger charge is -2.25. The van der Waals surface area contributed by atoms with Gasteiger partial charge in [0.1, 0.15) is 11.9 Å². The molecule has 0 spiro atoms. The Labute approximate surface area is 181 Å². The summed E-state index contributed by atoms with van der Waals surface area (Å²) in [7, 11) is 0. The van der Waals surface area contributed by atoms with E-state index in [1.54, 1.807) is 12.3 Å². The number of aliphatic hydroxyl groups is 1. The lowest BCUT2D eigenvalue weighted by molar-refractivity contribution is 0.128. The Hall–Kier alpha value is -3.64. The van der Waals surface area contributed by atoms with Gasteiger partial charge >= 0.3 is 0 Å². The molecule has 0 aliphatic carbocycles. The summed E-state index contributed by atoms with van der Waals surface area (Å²) in [5.74, 6) is 0.859. The fraction of sp³-hybridized carbons (Fsp3) is 0.200. The molecule has 2 aromatic carbocycles. The van der Waals surface area contributed by atoms with Crippen molar-refractivity contribution in [1.82, 2.24) is 25.1 Å². The topological polar surface area (TPSA) is 80.8 Å². The van der Waals surface area contributed by atoms with Crippen molar-refractivity contribution < 1.29 is 5.11 Å². The predicted octanol–water partition coefficient (Wildman–Crippen LogP) is 4.60. The van der Waals surface area contributed by atoms with Crippen LogP contribution in [0, 0.1) is 13.8 Å². The largest absolute Gasteiger partial charge is 0.385 e. The first-order chi connectivity index (χ1) is 15.1. The summed E-state index contributed by atoms with van der Waals surface area (Å²) in [6, 6.07) is 16.9. The van der Waals surface area contributed by atoms with Crippen LogP contribution in [0.5, 0.6) is 0 Å². The monoisotopic (exact) mass is 411 g/mol. The van der Waals surface area contributed by atoms with E-state index in [9.17, 15) is 5.11 Å². The normalized spacial score (nSPS) is 14.0. The van der Waals surface area contributed by atoms with Gasteiger partial charge in [0.05, 0.1) is 23.6 Å². The van der Waals surface area contributed by atoms with Gasteiger partial charge in [-0.15, -0.1) is 0 Å². The van der Waals surface area contributed by atoms with Crippen LogP contribution in [0.1, 0.15) is 34.3 Å². The number of rotatable bonds is 5. The van der Waals surface area contributed by atoms with Crippen LogP contribution in [0.15, 0.2) is 60.9 Å². The molecule has 1 unspecified atom stereocenters. The summed E-state index contributed by atoms with van der Waals surface area (Å²) in [6.07, 6.45) is 5.00. The van der Waals surface area contributed by atoms with Gasteiger partial charge in [-0.3, -0.25) is 5.10 Å². The van der Waals surface area contributed by atoms with Gasteiger partial charge in [-0.1, -0.05) is 42.5 Å². The number of benzene rings is 2. The van der Waals surface area contributed by atoms with E-state index >= 15 is 0 Å². The standard InChI is InChI=1S/C25H25N5O/c1-16-3-4-20(13-17(16)2)18-5-7-19(8-6-18)25-27-21-10-12-30(14-23(21)28-25)15-24(31)22-9-11-26-29-22/h3-13,24,31H,14-15H2,1-2H3,(H,26,29)(H,27,28). The highest BCUT2D eigenvalue weighted by Gasteiger charge is 2.19. The molecular formula is C25H25N5O. The van der Waals surface area contributed by atoms with Crippen LogP contribution >= 0.6 is 0 Å². The minimum absolute atomic E-state index is 0.483. The van der Waals surface area contributed by atoms with Gasteiger partial charge in [-0.05, 0) is 48.2 Å². The van der Waals surface area contributed by atoms with Gasteiger partial charge in [-0.2, -0.15) is 5.10 Å². The van der Waals surface area contributed by atoms with Gasteiger partial charge in [0.2, 0.25) is 0 Å². The molecule has 0 radical (unpaired) electrons. The predicted molar refractivity (Wildman–Crippen MR) is 122 cm³/mol. The maximum atomic E-state index is 10.4. The molecule has 0 amide bonds. The number of fused-ring (bicyclic) bond motifs is 1. The van der Waals surface area contributed by atoms with Gasteiger partial charge < -0.3 is 15.0 Å². The molecule has 156 valence electrons. The smallest absolute Gasteiger partial charge is 0.138 e. The molecule has 6 nitrogen and oxygen atoms in total. The van der Waals surface area contributed by atoms with E-state index in [1.165, 1.54) is 22.3 Å². The molecule has 6 heteroatoms. The second kappa shape index (κ2) is 7.89. The Morgan fingerprint density at radius 2 is 1.77 bits per heavy atom. The molecule has 1 aliphatic heterocycles. The zero-order chi connectivity index (χ0) is 21.4. The third kappa shape index (κ3) is 3.90. The number of β-amino-alcohol motifs (C(OH)–C–C–N with tert-alkyl or cyclic N) is 1. The van der Waals surface area contributed by atoms with E-state index in [0.29, 0.717) is 18.8 Å². The first-order valence-corrected chi connectivity index (χ1v) is 10.4. The fourth-order valence-electron chi connectivity index (χ4n) is 3.89. The maximum absolute atomic E-state index is 10.4. The molecule has 4 aromatic rings. The second-order valence-corrected chi connectivity index (χ2v) is 8.10. The average Bonchev–Trinajstić information content (AvgIpc) is 3.46. The summed E-state index contributed by atoms with van der Waals surface area (Å²) in [4.78, 5) is 10.3. The van der Waals surface area contributed by atoms with Crippen LogP contribution in [-0.2, 0) is 6.54 Å². The first-order valence-electron chi connectivity index (χ1n) is 10.4. The number of aliphatic hydroxyl groups excluding tert-OH is 1. The molecule has 1 atom stereocenters. The Kier molecular flexibility index (Phi) is 4.92. The summed E-state index contributed by atoms with van der Waals surface area (Å²) in [6.45, 7) is 5.43. The first kappa shape index (κ1) is 19.3. The van der Waals surface area contributed by atoms with Crippen molar-refractivity contribution in [3.05, 3.63) is 89.1 Å². The Bertz CT molecular complexity index is 1220. The summed E-state index contributed by atoms with van der Waals surface area (Å²) < 4.78 is 0. The van der Waals surface area contributed by atoms with Gasteiger partial charge in [0.15, 0.2) is 0 Å². The Balaban J connectivity index is 1.31. The lowest BCUT2D eigenvalue weighted by atomic mass is 9.99. The molecule has 0 saturated heterocycles. The van der Waals surface area contributed by atoms with Gasteiger partial charge in [0.25, 0.3) is 0 Å². The van der Waals surface area contributed by atoms with Gasteiger partial charge in [0, 0.05) is 24.5 Å². The molecule has 3 heterocycles. The van der Waals surface area contributed by atoms with Crippen LogP contribution in [-0.4, -0.2) is 36.7 Å². The highest BCUT2D eigenvalue weighted by molar-refractivity contribution is 5.69. The highest BCUT2D eigenvalue weighted by atomic mass is 16.3. The van der Waals surface area contributed by atoms with E-state index in [0.717, 1.165) is 22.8 Å². The van der Waals surface area contributed by atoms with Crippen LogP contribution in [0.2, 0.25) is 0 Å². The van der Waals surface area contributed by atoms with Crippen molar-refractivity contribution in [3.63, 3.8) is 0 Å². The zero-order valence-corrected chi connectivity index (χ0v) is 17.6. The molecular weight excluding hydrogens is 386 g/mol. The Morgan fingerprint density at radius 1 is 1.00 bits per heavy atom. The summed E-state index contributed by atoms with van der Waals surface area (Å²) in [5.41, 5.74) is 8.79. The molecule has 0 saturated carbocycles.